The molecule has 3 aromatic rings. The fourth-order valence-corrected chi connectivity index (χ4v) is 2.03. The third kappa shape index (κ3) is 2.97. The molecule has 106 valence electrons. The third-order valence-corrected chi connectivity index (χ3v) is 2.93. The number of hydrogen-bond acceptors (Lipinski definition) is 5. The molecule has 2 N–H and O–H groups in total. The normalized spacial score (nSPS) is 10.5. The monoisotopic (exact) mass is 285 g/mol. The third-order valence-electron chi connectivity index (χ3n) is 2.93. The van der Waals surface area contributed by atoms with E-state index in [1.165, 1.54) is 23.1 Å². The minimum absolute atomic E-state index is 0.0967. The number of hydrogen-bond donors (Lipinski definition) is 2. The Kier molecular flexibility index (Phi) is 3.46. The van der Waals surface area contributed by atoms with E-state index in [9.17, 15) is 9.50 Å². The minimum Gasteiger partial charge on any atom is -0.508 e. The molecule has 0 unspecified atom stereocenters. The van der Waals surface area contributed by atoms with Crippen molar-refractivity contribution in [1.29, 1.82) is 0 Å². The van der Waals surface area contributed by atoms with Gasteiger partial charge in [0.2, 0.25) is 0 Å². The van der Waals surface area contributed by atoms with E-state index >= 15 is 0 Å². The first-order chi connectivity index (χ1) is 10.2. The number of phenols is 1. The first kappa shape index (κ1) is 13.0. The van der Waals surface area contributed by atoms with Crippen LogP contribution in [-0.4, -0.2) is 25.3 Å². The summed E-state index contributed by atoms with van der Waals surface area (Å²) >= 11 is 0. The van der Waals surface area contributed by atoms with Crippen LogP contribution < -0.4 is 5.32 Å². The van der Waals surface area contributed by atoms with Gasteiger partial charge in [0.1, 0.15) is 17.9 Å². The van der Waals surface area contributed by atoms with E-state index in [4.69, 9.17) is 0 Å². The van der Waals surface area contributed by atoms with Crippen molar-refractivity contribution in [3.63, 3.8) is 0 Å². The van der Waals surface area contributed by atoms with Crippen LogP contribution in [0.1, 0.15) is 5.56 Å². The Morgan fingerprint density at radius 2 is 2.05 bits per heavy atom. The zero-order valence-electron chi connectivity index (χ0n) is 10.9. The summed E-state index contributed by atoms with van der Waals surface area (Å²) in [6.07, 6.45) is 1.49. The highest BCUT2D eigenvalue weighted by Crippen LogP contribution is 2.20. The number of nitrogens with one attached hydrogen (secondary N) is 1. The molecule has 6 nitrogen and oxygen atoms in total. The molecule has 0 radical (unpaired) electrons. The second-order valence-electron chi connectivity index (χ2n) is 4.44. The van der Waals surface area contributed by atoms with Gasteiger partial charge in [-0.3, -0.25) is 0 Å². The van der Waals surface area contributed by atoms with Crippen molar-refractivity contribution in [1.82, 2.24) is 20.2 Å². The van der Waals surface area contributed by atoms with Gasteiger partial charge in [0.15, 0.2) is 0 Å². The van der Waals surface area contributed by atoms with Crippen LogP contribution in [0.2, 0.25) is 0 Å². The van der Waals surface area contributed by atoms with Gasteiger partial charge in [0, 0.05) is 12.6 Å². The standard InChI is InChI=1S/C14H12FN5O/c15-11-5-10(6-12(21)7-11)8-16-13-3-1-2-4-14(13)20-9-17-18-19-20/h1-7,9,16,21H,8H2. The van der Waals surface area contributed by atoms with Crippen molar-refractivity contribution in [3.8, 4) is 11.4 Å². The maximum Gasteiger partial charge on any atom is 0.143 e. The number of aromatic nitrogens is 4. The Balaban J connectivity index is 1.82. The van der Waals surface area contributed by atoms with Crippen LogP contribution in [0.25, 0.3) is 5.69 Å². The number of tetrazole rings is 1. The van der Waals surface area contributed by atoms with Gasteiger partial charge in [-0.15, -0.1) is 5.10 Å². The summed E-state index contributed by atoms with van der Waals surface area (Å²) in [7, 11) is 0. The predicted octanol–water partition coefficient (Wildman–Crippen LogP) is 2.12. The van der Waals surface area contributed by atoms with Gasteiger partial charge >= 0.3 is 0 Å². The van der Waals surface area contributed by atoms with E-state index in [1.807, 2.05) is 24.3 Å². The summed E-state index contributed by atoms with van der Waals surface area (Å²) in [5.41, 5.74) is 2.22. The summed E-state index contributed by atoms with van der Waals surface area (Å²) in [4.78, 5) is 0. The van der Waals surface area contributed by atoms with E-state index in [1.54, 1.807) is 0 Å². The molecule has 0 saturated heterocycles. The molecule has 1 heterocycles. The summed E-state index contributed by atoms with van der Waals surface area (Å²) in [6.45, 7) is 0.366. The summed E-state index contributed by atoms with van der Waals surface area (Å²) < 4.78 is 14.8. The predicted molar refractivity (Wildman–Crippen MR) is 74.5 cm³/mol. The molecule has 0 amide bonds. The number of para-hydroxylation sites is 2. The van der Waals surface area contributed by atoms with Crippen LogP contribution in [0.3, 0.4) is 0 Å². The van der Waals surface area contributed by atoms with E-state index in [-0.39, 0.29) is 5.75 Å². The molecule has 0 saturated carbocycles. The molecule has 0 aliphatic heterocycles. The number of nitrogens with zero attached hydrogens (tertiary/aromatic N) is 4. The largest absolute Gasteiger partial charge is 0.508 e. The lowest BCUT2D eigenvalue weighted by atomic mass is 10.2. The van der Waals surface area contributed by atoms with E-state index in [0.29, 0.717) is 12.1 Å². The van der Waals surface area contributed by atoms with Crippen molar-refractivity contribution < 1.29 is 9.50 Å². The Morgan fingerprint density at radius 3 is 2.81 bits per heavy atom. The van der Waals surface area contributed by atoms with Crippen LogP contribution in [0, 0.1) is 5.82 Å². The number of phenolic OH excluding ortho intramolecular Hbond substituents is 1. The summed E-state index contributed by atoms with van der Waals surface area (Å²) in [5.74, 6) is -0.568. The van der Waals surface area contributed by atoms with E-state index in [0.717, 1.165) is 17.4 Å². The van der Waals surface area contributed by atoms with Crippen LogP contribution >= 0.6 is 0 Å². The molecular formula is C14H12FN5O. The zero-order valence-corrected chi connectivity index (χ0v) is 10.9. The number of anilines is 1. The van der Waals surface area contributed by atoms with Crippen LogP contribution in [0.15, 0.2) is 48.8 Å². The fraction of sp³-hybridized carbons (Fsp3) is 0.0714. The molecule has 3 rings (SSSR count). The molecule has 2 aromatic carbocycles. The number of benzene rings is 2. The number of aromatic hydroxyl groups is 1. The molecule has 0 atom stereocenters. The number of halogens is 1. The van der Waals surface area contributed by atoms with E-state index in [2.05, 4.69) is 20.8 Å². The lowest BCUT2D eigenvalue weighted by Gasteiger charge is -2.11. The van der Waals surface area contributed by atoms with Crippen LogP contribution in [0.4, 0.5) is 10.1 Å². The van der Waals surface area contributed by atoms with Gasteiger partial charge in [-0.25, -0.2) is 4.39 Å². The Hall–Kier alpha value is -2.96. The fourth-order valence-electron chi connectivity index (χ4n) is 2.03. The first-order valence-electron chi connectivity index (χ1n) is 6.27. The lowest BCUT2D eigenvalue weighted by Crippen LogP contribution is -2.05. The van der Waals surface area contributed by atoms with Crippen LogP contribution in [0.5, 0.6) is 5.75 Å². The highest BCUT2D eigenvalue weighted by atomic mass is 19.1. The van der Waals surface area contributed by atoms with Crippen molar-refractivity contribution in [2.75, 3.05) is 5.32 Å². The van der Waals surface area contributed by atoms with Gasteiger partial charge in [-0.1, -0.05) is 12.1 Å². The zero-order chi connectivity index (χ0) is 14.7. The smallest absolute Gasteiger partial charge is 0.143 e. The highest BCUT2D eigenvalue weighted by Gasteiger charge is 2.06. The maximum absolute atomic E-state index is 13.2. The molecule has 1 aromatic heterocycles. The topological polar surface area (TPSA) is 75.9 Å². The second-order valence-corrected chi connectivity index (χ2v) is 4.44. The molecule has 7 heteroatoms. The van der Waals surface area contributed by atoms with Crippen molar-refractivity contribution in [3.05, 3.63) is 60.2 Å². The van der Waals surface area contributed by atoms with E-state index < -0.39 is 5.82 Å². The summed E-state index contributed by atoms with van der Waals surface area (Å²) in [5, 5.41) is 23.6. The molecule has 0 aliphatic rings. The first-order valence-corrected chi connectivity index (χ1v) is 6.27. The Morgan fingerprint density at radius 1 is 1.19 bits per heavy atom. The lowest BCUT2D eigenvalue weighted by molar-refractivity contribution is 0.468. The quantitative estimate of drug-likeness (QED) is 0.768. The molecule has 0 bridgehead atoms. The highest BCUT2D eigenvalue weighted by molar-refractivity contribution is 5.60. The van der Waals surface area contributed by atoms with Crippen molar-refractivity contribution in [2.24, 2.45) is 0 Å². The SMILES string of the molecule is Oc1cc(F)cc(CNc2ccccc2-n2cnnn2)c1. The Bertz CT molecular complexity index is 725. The van der Waals surface area contributed by atoms with Gasteiger partial charge < -0.3 is 10.4 Å². The minimum atomic E-state index is -0.472. The molecule has 21 heavy (non-hydrogen) atoms. The average Bonchev–Trinajstić information content (AvgIpc) is 2.98. The average molecular weight is 285 g/mol. The van der Waals surface area contributed by atoms with Crippen molar-refractivity contribution in [2.45, 2.75) is 6.54 Å². The molecule has 0 aliphatic carbocycles. The Labute approximate surface area is 119 Å². The van der Waals surface area contributed by atoms with Gasteiger partial charge in [-0.2, -0.15) is 4.68 Å². The van der Waals surface area contributed by atoms with Gasteiger partial charge in [-0.05, 0) is 40.3 Å². The maximum atomic E-state index is 13.2. The second kappa shape index (κ2) is 5.58. The van der Waals surface area contributed by atoms with Crippen molar-refractivity contribution >= 4 is 5.69 Å². The molecule has 0 spiro atoms. The number of rotatable bonds is 4. The van der Waals surface area contributed by atoms with Gasteiger partial charge in [0.05, 0.1) is 11.4 Å². The van der Waals surface area contributed by atoms with Crippen LogP contribution in [-0.2, 0) is 6.54 Å². The summed E-state index contributed by atoms with van der Waals surface area (Å²) in [6, 6.07) is 11.4. The molecule has 0 fully saturated rings. The molecular weight excluding hydrogens is 273 g/mol. The van der Waals surface area contributed by atoms with Gasteiger partial charge in [0.25, 0.3) is 0 Å².